The number of allylic oxidation sites excluding steroid dienone is 1. The monoisotopic (exact) mass is 1200 g/mol. The number of phenols is 2. The van der Waals surface area contributed by atoms with Crippen molar-refractivity contribution in [3.05, 3.63) is 183 Å². The minimum Gasteiger partial charge on any atom is -0.748 e. The van der Waals surface area contributed by atoms with E-state index in [-0.39, 0.29) is 102 Å². The zero-order valence-electron chi connectivity index (χ0n) is 50.7. The molecule has 0 radical (unpaired) electrons. The molecule has 450 valence electrons. The van der Waals surface area contributed by atoms with Gasteiger partial charge in [-0.2, -0.15) is 0 Å². The number of aliphatic hydroxyl groups is 2. The van der Waals surface area contributed by atoms with E-state index in [1.165, 1.54) is 0 Å². The standard InChI is InChI=1S/C73H83N3O9S.Na/c1-42(2)28-51-34-58(79)35-52-31-47(17-24-61(51)52)50-16-18-55-21-27-66(67(72(55,80)40-50)30-44-8-5-4-6-9-44)73(76-71(74)75)56-19-14-46(15-20-56)69-53-32-54(70-63-25-22-57(78)33-48(63)11-7-10-45(41-77)29-60(37-53)84-70)38-65(69)68(86(81,82)83)39-64-43(3)12-13-49-36-59(85-73)23-26-62(49)64;/h4-6,8-9,14-15,17,19-20,22-26,31,33-36,38,42-43,45,50,53,55,60,64-70,77-80H,10,12-13,16,18,21,27-30,32,37,39-41H2,1-3H3,(H4,74,75,76)(H,81,82,83);/q;+1/p-1/t43-,45+,50-,53-,55-,60-,64+,65-,66+,67+,68-,69+,70-,72+,73-;/m1./s1. The molecule has 5 heterocycles. The fourth-order valence-electron chi connectivity index (χ4n) is 17.7. The summed E-state index contributed by atoms with van der Waals surface area (Å²) in [5.41, 5.74) is 19.8. The molecule has 2 saturated carbocycles. The van der Waals surface area contributed by atoms with Crippen molar-refractivity contribution >= 4 is 26.9 Å². The van der Waals surface area contributed by atoms with Crippen LogP contribution in [0.1, 0.15) is 165 Å². The fraction of sp³-hybridized carbons (Fsp3) is 0.466. The van der Waals surface area contributed by atoms with Crippen molar-refractivity contribution in [1.29, 1.82) is 0 Å². The smallest absolute Gasteiger partial charge is 0.748 e. The number of aromatic hydroxyl groups is 2. The third kappa shape index (κ3) is 11.9. The fourth-order valence-corrected chi connectivity index (χ4v) is 18.7. The second kappa shape index (κ2) is 24.6. The van der Waals surface area contributed by atoms with E-state index in [0.717, 1.165) is 81.0 Å². The Labute approximate surface area is 535 Å². The van der Waals surface area contributed by atoms with Gasteiger partial charge in [-0.3, -0.25) is 0 Å². The molecular formula is C73H82N3NaO9S. The largest absolute Gasteiger partial charge is 1.00 e. The molecule has 15 atom stereocenters. The second-order valence-electron chi connectivity index (χ2n) is 27.3. The molecule has 87 heavy (non-hydrogen) atoms. The summed E-state index contributed by atoms with van der Waals surface area (Å²) in [7, 11) is -4.97. The summed E-state index contributed by atoms with van der Waals surface area (Å²) >= 11 is 0. The van der Waals surface area contributed by atoms with Gasteiger partial charge in [-0.15, -0.1) is 0 Å². The third-order valence-corrected chi connectivity index (χ3v) is 22.8. The van der Waals surface area contributed by atoms with Crippen LogP contribution in [0.2, 0.25) is 0 Å². The summed E-state index contributed by atoms with van der Waals surface area (Å²) < 4.78 is 58.3. The number of fused-ring (bicyclic) bond motifs is 10. The van der Waals surface area contributed by atoms with E-state index in [0.29, 0.717) is 80.6 Å². The molecule has 9 aliphatic rings. The maximum Gasteiger partial charge on any atom is 1.00 e. The van der Waals surface area contributed by atoms with Crippen LogP contribution < -0.4 is 45.8 Å². The van der Waals surface area contributed by atoms with Crippen molar-refractivity contribution in [1.82, 2.24) is 0 Å². The van der Waals surface area contributed by atoms with Crippen LogP contribution >= 0.6 is 0 Å². The molecule has 0 unspecified atom stereocenters. The molecular weight excluding hydrogens is 1120 g/mol. The zero-order valence-corrected chi connectivity index (χ0v) is 53.5. The first-order valence-electron chi connectivity index (χ1n) is 31.6. The van der Waals surface area contributed by atoms with Crippen molar-refractivity contribution in [2.45, 2.75) is 157 Å². The van der Waals surface area contributed by atoms with Crippen LogP contribution in [0.25, 0.3) is 10.8 Å². The molecule has 4 aliphatic carbocycles. The van der Waals surface area contributed by atoms with Gasteiger partial charge < -0.3 is 45.9 Å². The molecule has 14 heteroatoms. The predicted molar refractivity (Wildman–Crippen MR) is 334 cm³/mol. The van der Waals surface area contributed by atoms with Gasteiger partial charge in [0, 0.05) is 41.6 Å². The Balaban J connectivity index is 0.00000739. The third-order valence-electron chi connectivity index (χ3n) is 21.5. The Morgan fingerprint density at radius 3 is 2.38 bits per heavy atom. The first kappa shape index (κ1) is 61.6. The molecule has 10 bridgehead atoms. The number of aliphatic imine (C=N–C) groups is 1. The molecule has 5 aliphatic heterocycles. The minimum atomic E-state index is -4.97. The number of guanidine groups is 1. The average Bonchev–Trinajstić information content (AvgIpc) is 1.25. The van der Waals surface area contributed by atoms with Gasteiger partial charge in [0.2, 0.25) is 5.72 Å². The number of phenolic OH excluding ortho intramolecular Hbond substituents is 2. The first-order valence-corrected chi connectivity index (χ1v) is 33.1. The molecule has 1 saturated heterocycles. The maximum atomic E-state index is 14.5. The number of aliphatic hydroxyl groups excluding tert-OH is 1. The van der Waals surface area contributed by atoms with Crippen LogP contribution in [0.5, 0.6) is 17.2 Å². The molecule has 0 spiro atoms. The van der Waals surface area contributed by atoms with E-state index in [4.69, 9.17) is 25.9 Å². The number of ether oxygens (including phenoxy) is 2. The normalized spacial score (nSPS) is 31.8. The first-order chi connectivity index (χ1) is 41.3. The number of hydrogen-bond acceptors (Lipinski definition) is 10. The Bertz CT molecular complexity index is 3780. The molecule has 8 N–H and O–H groups in total. The predicted octanol–water partition coefficient (Wildman–Crippen LogP) is 9.46. The summed E-state index contributed by atoms with van der Waals surface area (Å²) in [6, 6.07) is 40.2. The minimum absolute atomic E-state index is 0. The van der Waals surface area contributed by atoms with Crippen LogP contribution in [0.15, 0.2) is 138 Å². The summed E-state index contributed by atoms with van der Waals surface area (Å²) in [5, 5.41) is 47.5. The summed E-state index contributed by atoms with van der Waals surface area (Å²) in [5.74, 6) is 4.94. The van der Waals surface area contributed by atoms with Crippen LogP contribution in [0, 0.1) is 59.2 Å². The number of hydrogen-bond donors (Lipinski definition) is 6. The molecule has 0 aromatic heterocycles. The van der Waals surface area contributed by atoms with Crippen LogP contribution in [0.4, 0.5) is 0 Å². The summed E-state index contributed by atoms with van der Waals surface area (Å²) in [6.45, 7) is 6.46. The van der Waals surface area contributed by atoms with Crippen LogP contribution in [0.3, 0.4) is 0 Å². The van der Waals surface area contributed by atoms with Crippen molar-refractivity contribution in [2.75, 3.05) is 6.61 Å². The second-order valence-corrected chi connectivity index (χ2v) is 28.9. The number of nitrogens with zero attached hydrogens (tertiary/aromatic N) is 1. The van der Waals surface area contributed by atoms with E-state index in [2.05, 4.69) is 93.3 Å². The Hall–Kier alpha value is -5.66. The van der Waals surface area contributed by atoms with Crippen molar-refractivity contribution in [3.63, 3.8) is 0 Å². The number of benzene rings is 6. The van der Waals surface area contributed by atoms with Crippen molar-refractivity contribution in [3.8, 4) is 29.1 Å². The van der Waals surface area contributed by atoms with Gasteiger partial charge in [0.1, 0.15) is 23.4 Å². The van der Waals surface area contributed by atoms with E-state index in [1.54, 1.807) is 12.1 Å². The Morgan fingerprint density at radius 1 is 0.851 bits per heavy atom. The van der Waals surface area contributed by atoms with Crippen molar-refractivity contribution < 1.29 is 72.4 Å². The quantitative estimate of drug-likeness (QED) is 0.0200. The molecule has 6 aromatic rings. The zero-order chi connectivity index (χ0) is 59.8. The molecule has 3 fully saturated rings. The summed E-state index contributed by atoms with van der Waals surface area (Å²) in [4.78, 5) is 5.35. The Morgan fingerprint density at radius 2 is 1.62 bits per heavy atom. The molecule has 0 amide bonds. The van der Waals surface area contributed by atoms with Gasteiger partial charge in [-0.25, -0.2) is 13.4 Å². The van der Waals surface area contributed by atoms with Gasteiger partial charge >= 0.3 is 29.6 Å². The van der Waals surface area contributed by atoms with Crippen LogP contribution in [-0.2, 0) is 39.8 Å². The van der Waals surface area contributed by atoms with Crippen LogP contribution in [-0.4, -0.2) is 62.9 Å². The van der Waals surface area contributed by atoms with E-state index in [9.17, 15) is 33.4 Å². The Kier molecular flexibility index (Phi) is 17.4. The van der Waals surface area contributed by atoms with E-state index >= 15 is 0 Å². The number of rotatable bonds is 9. The average molecular weight is 1200 g/mol. The van der Waals surface area contributed by atoms with Gasteiger partial charge in [0.25, 0.3) is 0 Å². The summed E-state index contributed by atoms with van der Waals surface area (Å²) in [6.07, 6.45) is 9.67. The molecule has 12 nitrogen and oxygen atoms in total. The molecule has 6 aromatic carbocycles. The molecule has 15 rings (SSSR count). The maximum absolute atomic E-state index is 14.5. The van der Waals surface area contributed by atoms with E-state index < -0.39 is 56.5 Å². The number of nitrogens with two attached hydrogens (primary N) is 2. The topological polar surface area (TPSA) is 221 Å². The van der Waals surface area contributed by atoms with Gasteiger partial charge in [-0.1, -0.05) is 124 Å². The SMILES string of the molecule is CC(C)Cc1cc(O)cc2cc([C@@H]3CC[C@@H]4CC[C@H]([C@]5(N=C(N)N)Oc6ccc7c(c6)CC[C@@H](C)[C@@H]7C[C@@H](S(=O)(=O)[O-])[C@H]6C=C7C[C@H](C[C@H]8C[C@@H](CO)CC#Cc9cc(O)ccc9[C@@H]7O8)[C@@H]6c6ccc5cc6)[C@H](Cc5ccccc5)[C@]4(O)C3)ccc12.[Na+]. The van der Waals surface area contributed by atoms with Gasteiger partial charge in [0.05, 0.1) is 27.1 Å². The van der Waals surface area contributed by atoms with Crippen molar-refractivity contribution in [2.24, 2.45) is 63.8 Å². The van der Waals surface area contributed by atoms with Gasteiger partial charge in [0.15, 0.2) is 5.96 Å². The van der Waals surface area contributed by atoms with Gasteiger partial charge in [-0.05, 0) is 223 Å². The number of aryl methyl sites for hydroxylation is 1. The van der Waals surface area contributed by atoms with E-state index in [1.807, 2.05) is 54.6 Å².